The van der Waals surface area contributed by atoms with E-state index in [1.54, 1.807) is 55.6 Å². The minimum Gasteiger partial charge on any atom is -0.454 e. The van der Waals surface area contributed by atoms with Gasteiger partial charge in [-0.2, -0.15) is 17.6 Å². The van der Waals surface area contributed by atoms with Crippen molar-refractivity contribution in [3.8, 4) is 17.6 Å². The molecule has 0 fully saturated rings. The van der Waals surface area contributed by atoms with Crippen molar-refractivity contribution in [2.75, 3.05) is 12.3 Å². The van der Waals surface area contributed by atoms with Crippen molar-refractivity contribution < 1.29 is 17.5 Å². The van der Waals surface area contributed by atoms with Crippen molar-refractivity contribution in [1.29, 1.82) is 5.26 Å². The molecule has 1 atom stereocenters. The minimum absolute atomic E-state index is 0.0273. The van der Waals surface area contributed by atoms with Crippen molar-refractivity contribution in [3.63, 3.8) is 0 Å². The molecular formula is C20H18FN2O3S+. The van der Waals surface area contributed by atoms with Crippen LogP contribution in [0.25, 0.3) is 0 Å². The van der Waals surface area contributed by atoms with E-state index in [4.69, 9.17) is 10.00 Å². The highest BCUT2D eigenvalue weighted by Gasteiger charge is 2.41. The summed E-state index contributed by atoms with van der Waals surface area (Å²) in [5.74, 6) is -0.418. The van der Waals surface area contributed by atoms with E-state index in [0.717, 1.165) is 6.07 Å². The molecule has 1 aliphatic rings. The summed E-state index contributed by atoms with van der Waals surface area (Å²) < 4.78 is 45.0. The van der Waals surface area contributed by atoms with Gasteiger partial charge in [-0.25, -0.2) is 4.39 Å². The number of ether oxygens (including phenoxy) is 1. The van der Waals surface area contributed by atoms with E-state index in [-0.39, 0.29) is 27.5 Å². The summed E-state index contributed by atoms with van der Waals surface area (Å²) in [6.07, 6.45) is 6.92. The summed E-state index contributed by atoms with van der Waals surface area (Å²) in [6.45, 7) is 1.87. The molecule has 0 aliphatic carbocycles. The highest BCUT2D eigenvalue weighted by atomic mass is 32.2. The predicted molar refractivity (Wildman–Crippen MR) is 102 cm³/mol. The van der Waals surface area contributed by atoms with Crippen LogP contribution in [0, 0.1) is 17.1 Å². The molecule has 7 heteroatoms. The normalized spacial score (nSPS) is 18.9. The Morgan fingerprint density at radius 1 is 1.22 bits per heavy atom. The molecule has 0 N–H and O–H groups in total. The van der Waals surface area contributed by atoms with E-state index in [2.05, 4.69) is 0 Å². The number of nitriles is 1. The van der Waals surface area contributed by atoms with Gasteiger partial charge in [0.1, 0.15) is 18.5 Å². The Morgan fingerprint density at radius 3 is 2.67 bits per heavy atom. The molecule has 2 aromatic rings. The summed E-state index contributed by atoms with van der Waals surface area (Å²) in [5, 5.41) is 8.82. The van der Waals surface area contributed by atoms with Crippen LogP contribution in [0.5, 0.6) is 11.5 Å². The number of allylic oxidation sites excluding steroid dienone is 2. The first kappa shape index (κ1) is 18.8. The Morgan fingerprint density at radius 2 is 2.04 bits per heavy atom. The van der Waals surface area contributed by atoms with Crippen LogP contribution in [0.3, 0.4) is 0 Å². The summed E-state index contributed by atoms with van der Waals surface area (Å²) >= 11 is 0. The number of nitrogens with zero attached hydrogens (tertiary/aromatic N) is 2. The first-order valence-corrected chi connectivity index (χ1v) is 9.96. The van der Waals surface area contributed by atoms with E-state index in [9.17, 15) is 12.8 Å². The lowest BCUT2D eigenvalue weighted by Crippen LogP contribution is -2.50. The number of hydrogen-bond donors (Lipinski definition) is 0. The lowest BCUT2D eigenvalue weighted by atomic mass is 10.2. The van der Waals surface area contributed by atoms with Gasteiger partial charge in [-0.15, -0.1) is 0 Å². The van der Waals surface area contributed by atoms with Crippen molar-refractivity contribution in [1.82, 2.24) is 3.89 Å². The van der Waals surface area contributed by atoms with Gasteiger partial charge in [0.15, 0.2) is 17.3 Å². The van der Waals surface area contributed by atoms with E-state index in [0.29, 0.717) is 11.4 Å². The quantitative estimate of drug-likeness (QED) is 0.723. The van der Waals surface area contributed by atoms with Gasteiger partial charge in [-0.05, 0) is 43.3 Å². The second kappa shape index (κ2) is 7.35. The molecular weight excluding hydrogens is 367 g/mol. The highest BCUT2D eigenvalue weighted by Crippen LogP contribution is 2.35. The summed E-state index contributed by atoms with van der Waals surface area (Å²) in [5.41, 5.74) is 0.696. The number of sulfonamides is 1. The standard InChI is InChI=1S/C20H18FN2O3S/c1-2-27(24,25)23(11-4-3-5-12-23)17-7-6-8-18(14-17)26-20-10-9-16(15-22)13-19(20)21/h3-11,13-14H,2,12H2,1H3/q+1. The molecule has 5 nitrogen and oxygen atoms in total. The maximum Gasteiger partial charge on any atom is 0.306 e. The molecule has 1 aliphatic heterocycles. The van der Waals surface area contributed by atoms with Crippen LogP contribution in [0.4, 0.5) is 10.1 Å². The second-order valence-electron chi connectivity index (χ2n) is 5.97. The molecule has 27 heavy (non-hydrogen) atoms. The third kappa shape index (κ3) is 3.50. The van der Waals surface area contributed by atoms with Crippen molar-refractivity contribution >= 4 is 15.7 Å². The van der Waals surface area contributed by atoms with E-state index in [1.165, 1.54) is 12.1 Å². The highest BCUT2D eigenvalue weighted by molar-refractivity contribution is 7.91. The lowest BCUT2D eigenvalue weighted by molar-refractivity contribution is 0.440. The molecule has 0 saturated carbocycles. The average Bonchev–Trinajstić information content (AvgIpc) is 2.70. The number of benzene rings is 2. The van der Waals surface area contributed by atoms with Crippen LogP contribution in [0.15, 0.2) is 66.9 Å². The third-order valence-electron chi connectivity index (χ3n) is 4.36. The van der Waals surface area contributed by atoms with Crippen LogP contribution in [-0.4, -0.2) is 20.7 Å². The van der Waals surface area contributed by atoms with Crippen LogP contribution in [0.1, 0.15) is 12.5 Å². The van der Waals surface area contributed by atoms with Crippen LogP contribution < -0.4 is 8.63 Å². The van der Waals surface area contributed by atoms with Crippen molar-refractivity contribution in [2.24, 2.45) is 0 Å². The van der Waals surface area contributed by atoms with E-state index in [1.807, 2.05) is 6.07 Å². The topological polar surface area (TPSA) is 67.2 Å². The fraction of sp³-hybridized carbons (Fsp3) is 0.150. The smallest absolute Gasteiger partial charge is 0.306 e. The predicted octanol–water partition coefficient (Wildman–Crippen LogP) is 4.23. The fourth-order valence-corrected chi connectivity index (χ4v) is 4.36. The Bertz CT molecular complexity index is 1070. The van der Waals surface area contributed by atoms with E-state index < -0.39 is 15.8 Å². The molecule has 0 aromatic heterocycles. The zero-order chi connectivity index (χ0) is 19.5. The average molecular weight is 385 g/mol. The molecule has 0 amide bonds. The Hall–Kier alpha value is -2.95. The molecule has 3 rings (SSSR count). The molecule has 0 saturated heterocycles. The number of quaternary nitrogens is 1. The second-order valence-corrected chi connectivity index (χ2v) is 8.37. The first-order valence-electron chi connectivity index (χ1n) is 8.35. The van der Waals surface area contributed by atoms with Crippen LogP contribution >= 0.6 is 0 Å². The molecule has 0 spiro atoms. The fourth-order valence-electron chi connectivity index (χ4n) is 2.90. The maximum atomic E-state index is 14.1. The summed E-state index contributed by atoms with van der Waals surface area (Å²) in [4.78, 5) is 0. The molecule has 0 radical (unpaired) electrons. The Balaban J connectivity index is 2.01. The summed E-state index contributed by atoms with van der Waals surface area (Å²) in [6, 6.07) is 12.4. The van der Waals surface area contributed by atoms with Gasteiger partial charge in [-0.1, -0.05) is 12.1 Å². The number of hydrogen-bond acceptors (Lipinski definition) is 4. The third-order valence-corrected chi connectivity index (χ3v) is 6.56. The molecule has 2 aromatic carbocycles. The van der Waals surface area contributed by atoms with Crippen molar-refractivity contribution in [2.45, 2.75) is 6.92 Å². The zero-order valence-electron chi connectivity index (χ0n) is 14.7. The number of halogens is 1. The molecule has 1 unspecified atom stereocenters. The van der Waals surface area contributed by atoms with Crippen LogP contribution in [-0.2, 0) is 10.0 Å². The Kier molecular flexibility index (Phi) is 5.13. The van der Waals surface area contributed by atoms with Crippen LogP contribution in [0.2, 0.25) is 0 Å². The van der Waals surface area contributed by atoms with E-state index >= 15 is 0 Å². The number of rotatable bonds is 5. The van der Waals surface area contributed by atoms with Gasteiger partial charge < -0.3 is 4.74 Å². The minimum atomic E-state index is -3.51. The maximum absolute atomic E-state index is 14.1. The van der Waals surface area contributed by atoms with Gasteiger partial charge in [0, 0.05) is 12.1 Å². The monoisotopic (exact) mass is 385 g/mol. The SMILES string of the molecule is CCS(=O)(=O)[N+]1(c2cccc(Oc3ccc(C#N)cc3F)c2)C=CC=CC1. The summed E-state index contributed by atoms with van der Waals surface area (Å²) in [7, 11) is -3.51. The van der Waals surface area contributed by atoms with Gasteiger partial charge >= 0.3 is 10.0 Å². The molecule has 0 bridgehead atoms. The van der Waals surface area contributed by atoms with Crippen molar-refractivity contribution in [3.05, 3.63) is 78.3 Å². The van der Waals surface area contributed by atoms with Gasteiger partial charge in [0.2, 0.25) is 0 Å². The largest absolute Gasteiger partial charge is 0.454 e. The van der Waals surface area contributed by atoms with Gasteiger partial charge in [-0.3, -0.25) is 0 Å². The first-order chi connectivity index (χ1) is 12.9. The molecule has 1 heterocycles. The Labute approximate surface area is 157 Å². The molecule has 138 valence electrons. The zero-order valence-corrected chi connectivity index (χ0v) is 15.5. The lowest BCUT2D eigenvalue weighted by Gasteiger charge is -2.32. The van der Waals surface area contributed by atoms with Gasteiger partial charge in [0.05, 0.1) is 17.4 Å². The van der Waals surface area contributed by atoms with Gasteiger partial charge in [0.25, 0.3) is 0 Å².